The van der Waals surface area contributed by atoms with Crippen LogP contribution in [-0.4, -0.2) is 10.3 Å². The first-order valence-corrected chi connectivity index (χ1v) is 6.08. The molecule has 1 aromatic heterocycles. The lowest BCUT2D eigenvalue weighted by Gasteiger charge is -2.14. The Morgan fingerprint density at radius 3 is 2.80 bits per heavy atom. The van der Waals surface area contributed by atoms with Gasteiger partial charge in [-0.3, -0.25) is 4.79 Å². The summed E-state index contributed by atoms with van der Waals surface area (Å²) >= 11 is 4.32. The molecule has 0 saturated heterocycles. The maximum Gasteiger partial charge on any atom is 0.250 e. The molecule has 0 aromatic carbocycles. The van der Waals surface area contributed by atoms with E-state index in [9.17, 15) is 4.79 Å². The van der Waals surface area contributed by atoms with Gasteiger partial charge in [-0.2, -0.15) is 12.6 Å². The van der Waals surface area contributed by atoms with E-state index in [1.54, 1.807) is 10.6 Å². The van der Waals surface area contributed by atoms with Crippen LogP contribution in [-0.2, 0) is 6.54 Å². The highest BCUT2D eigenvalue weighted by atomic mass is 32.1. The normalized spacial score (nSPS) is 12.7. The van der Waals surface area contributed by atoms with Crippen LogP contribution in [0.2, 0.25) is 0 Å². The van der Waals surface area contributed by atoms with Gasteiger partial charge in [0.1, 0.15) is 0 Å². The van der Waals surface area contributed by atoms with Gasteiger partial charge in [0, 0.05) is 18.8 Å². The summed E-state index contributed by atoms with van der Waals surface area (Å²) in [6.45, 7) is 4.89. The van der Waals surface area contributed by atoms with Crippen LogP contribution in [0, 0.1) is 12.8 Å². The van der Waals surface area contributed by atoms with E-state index < -0.39 is 0 Å². The van der Waals surface area contributed by atoms with E-state index in [0.717, 1.165) is 30.7 Å². The average molecular weight is 225 g/mol. The summed E-state index contributed by atoms with van der Waals surface area (Å²) < 4.78 is 1.78. The van der Waals surface area contributed by atoms with Crippen molar-refractivity contribution in [2.45, 2.75) is 33.2 Å². The van der Waals surface area contributed by atoms with E-state index in [1.165, 1.54) is 0 Å². The van der Waals surface area contributed by atoms with E-state index >= 15 is 0 Å². The number of thiol groups is 1. The zero-order chi connectivity index (χ0) is 11.3. The van der Waals surface area contributed by atoms with Gasteiger partial charge >= 0.3 is 0 Å². The van der Waals surface area contributed by atoms with Crippen molar-refractivity contribution in [3.05, 3.63) is 34.2 Å². The Morgan fingerprint density at radius 1 is 1.53 bits per heavy atom. The lowest BCUT2D eigenvalue weighted by Crippen LogP contribution is -2.23. The number of hydrogen-bond acceptors (Lipinski definition) is 2. The Hall–Kier alpha value is -0.700. The van der Waals surface area contributed by atoms with Gasteiger partial charge in [0.05, 0.1) is 0 Å². The zero-order valence-electron chi connectivity index (χ0n) is 9.44. The topological polar surface area (TPSA) is 22.0 Å². The van der Waals surface area contributed by atoms with Gasteiger partial charge in [0.15, 0.2) is 0 Å². The zero-order valence-corrected chi connectivity index (χ0v) is 10.3. The fourth-order valence-electron chi connectivity index (χ4n) is 1.68. The van der Waals surface area contributed by atoms with Gasteiger partial charge in [-0.05, 0) is 36.6 Å². The average Bonchev–Trinajstić information content (AvgIpc) is 2.21. The minimum atomic E-state index is 0.0953. The van der Waals surface area contributed by atoms with E-state index in [-0.39, 0.29) is 5.56 Å². The molecule has 3 heteroatoms. The molecule has 0 aliphatic carbocycles. The molecule has 1 heterocycles. The second-order valence-electron chi connectivity index (χ2n) is 4.03. The summed E-state index contributed by atoms with van der Waals surface area (Å²) in [5, 5.41) is 0. The Balaban J connectivity index is 2.75. The Morgan fingerprint density at radius 2 is 2.27 bits per heavy atom. The summed E-state index contributed by atoms with van der Waals surface area (Å²) in [4.78, 5) is 11.6. The van der Waals surface area contributed by atoms with Gasteiger partial charge in [-0.1, -0.05) is 13.3 Å². The first kappa shape index (κ1) is 12.4. The third-order valence-corrected chi connectivity index (χ3v) is 3.08. The Labute approximate surface area is 96.7 Å². The third-order valence-electron chi connectivity index (χ3n) is 2.56. The molecule has 2 nitrogen and oxygen atoms in total. The quantitative estimate of drug-likeness (QED) is 0.764. The first-order valence-electron chi connectivity index (χ1n) is 5.45. The first-order chi connectivity index (χ1) is 7.17. The predicted octanol–water partition coefficient (Wildman–Crippen LogP) is 2.50. The highest BCUT2D eigenvalue weighted by molar-refractivity contribution is 7.80. The molecule has 0 amide bonds. The van der Waals surface area contributed by atoms with Gasteiger partial charge < -0.3 is 4.57 Å². The number of aryl methyl sites for hydroxylation is 1. The molecule has 0 aliphatic heterocycles. The predicted molar refractivity (Wildman–Crippen MR) is 67.7 cm³/mol. The number of aromatic nitrogens is 1. The fraction of sp³-hybridized carbons (Fsp3) is 0.583. The minimum Gasteiger partial charge on any atom is -0.315 e. The highest BCUT2D eigenvalue weighted by Gasteiger charge is 2.07. The minimum absolute atomic E-state index is 0.0953. The van der Waals surface area contributed by atoms with Crippen LogP contribution >= 0.6 is 12.6 Å². The monoisotopic (exact) mass is 225 g/mol. The van der Waals surface area contributed by atoms with E-state index in [2.05, 4.69) is 19.6 Å². The molecule has 0 radical (unpaired) electrons. The van der Waals surface area contributed by atoms with Crippen molar-refractivity contribution in [3.8, 4) is 0 Å². The lowest BCUT2D eigenvalue weighted by molar-refractivity contribution is 0.446. The number of hydrogen-bond donors (Lipinski definition) is 1. The standard InChI is InChI=1S/C12H19NOS/c1-3-4-11(9-15)8-13-6-5-10(2)7-12(13)14/h5-7,11,15H,3-4,8-9H2,1-2H3. The molecule has 0 N–H and O–H groups in total. The van der Waals surface area contributed by atoms with Crippen molar-refractivity contribution in [2.75, 3.05) is 5.75 Å². The molecular formula is C12H19NOS. The summed E-state index contributed by atoms with van der Waals surface area (Å²) in [5.74, 6) is 1.34. The van der Waals surface area contributed by atoms with Crippen LogP contribution < -0.4 is 5.56 Å². The van der Waals surface area contributed by atoms with Gasteiger partial charge in [-0.25, -0.2) is 0 Å². The van der Waals surface area contributed by atoms with Crippen LogP contribution in [0.1, 0.15) is 25.3 Å². The smallest absolute Gasteiger partial charge is 0.250 e. The second kappa shape index (κ2) is 6.01. The number of nitrogens with zero attached hydrogens (tertiary/aromatic N) is 1. The lowest BCUT2D eigenvalue weighted by atomic mass is 10.1. The third kappa shape index (κ3) is 3.74. The molecule has 0 aliphatic rings. The molecule has 84 valence electrons. The van der Waals surface area contributed by atoms with Crippen molar-refractivity contribution in [3.63, 3.8) is 0 Å². The van der Waals surface area contributed by atoms with Crippen molar-refractivity contribution < 1.29 is 0 Å². The van der Waals surface area contributed by atoms with Crippen molar-refractivity contribution in [1.29, 1.82) is 0 Å². The number of rotatable bonds is 5. The molecule has 1 rings (SSSR count). The van der Waals surface area contributed by atoms with Crippen molar-refractivity contribution >= 4 is 12.6 Å². The van der Waals surface area contributed by atoms with Crippen LogP contribution in [0.25, 0.3) is 0 Å². The van der Waals surface area contributed by atoms with Gasteiger partial charge in [0.2, 0.25) is 0 Å². The van der Waals surface area contributed by atoms with E-state index in [4.69, 9.17) is 0 Å². The van der Waals surface area contributed by atoms with Gasteiger partial charge in [-0.15, -0.1) is 0 Å². The molecule has 0 spiro atoms. The van der Waals surface area contributed by atoms with Crippen molar-refractivity contribution in [1.82, 2.24) is 4.57 Å². The van der Waals surface area contributed by atoms with Crippen LogP contribution in [0.3, 0.4) is 0 Å². The summed E-state index contributed by atoms with van der Waals surface area (Å²) in [5.41, 5.74) is 1.12. The molecule has 15 heavy (non-hydrogen) atoms. The van der Waals surface area contributed by atoms with E-state index in [1.807, 2.05) is 19.2 Å². The summed E-state index contributed by atoms with van der Waals surface area (Å²) in [6.07, 6.45) is 4.15. The van der Waals surface area contributed by atoms with Crippen LogP contribution in [0.4, 0.5) is 0 Å². The maximum absolute atomic E-state index is 11.6. The van der Waals surface area contributed by atoms with Crippen LogP contribution in [0.15, 0.2) is 23.1 Å². The molecule has 1 aromatic rings. The molecule has 1 atom stereocenters. The van der Waals surface area contributed by atoms with Crippen molar-refractivity contribution in [2.24, 2.45) is 5.92 Å². The maximum atomic E-state index is 11.6. The largest absolute Gasteiger partial charge is 0.315 e. The summed E-state index contributed by atoms with van der Waals surface area (Å²) in [6, 6.07) is 3.66. The van der Waals surface area contributed by atoms with Gasteiger partial charge in [0.25, 0.3) is 5.56 Å². The highest BCUT2D eigenvalue weighted by Crippen LogP contribution is 2.10. The second-order valence-corrected chi connectivity index (χ2v) is 4.40. The Bertz CT molecular complexity index is 359. The van der Waals surface area contributed by atoms with Crippen LogP contribution in [0.5, 0.6) is 0 Å². The fourth-order valence-corrected chi connectivity index (χ4v) is 1.98. The molecule has 0 saturated carbocycles. The molecular weight excluding hydrogens is 206 g/mol. The number of pyridine rings is 1. The molecule has 0 bridgehead atoms. The summed E-state index contributed by atoms with van der Waals surface area (Å²) in [7, 11) is 0. The Kier molecular flexibility index (Phi) is 4.95. The molecule has 1 unspecified atom stereocenters. The molecule has 0 fully saturated rings. The van der Waals surface area contributed by atoms with E-state index in [0.29, 0.717) is 5.92 Å². The SMILES string of the molecule is CCCC(CS)Cn1ccc(C)cc1=O.